The Morgan fingerprint density at radius 1 is 1.32 bits per heavy atom. The monoisotopic (exact) mass is 292 g/mol. The van der Waals surface area contributed by atoms with E-state index in [1.165, 1.54) is 4.90 Å². The Kier molecular flexibility index (Phi) is 7.97. The van der Waals surface area contributed by atoms with Crippen LogP contribution < -0.4 is 5.32 Å². The lowest BCUT2D eigenvalue weighted by molar-refractivity contribution is -0.145. The van der Waals surface area contributed by atoms with Crippen molar-refractivity contribution >= 4 is 29.7 Å². The maximum absolute atomic E-state index is 11.8. The van der Waals surface area contributed by atoms with Crippen molar-refractivity contribution in [2.45, 2.75) is 31.8 Å². The Balaban J connectivity index is 4.46. The average Bonchev–Trinajstić information content (AvgIpc) is 2.33. The molecule has 0 bridgehead atoms. The number of carbonyl (C=O) groups is 3. The molecule has 19 heavy (non-hydrogen) atoms. The quantitative estimate of drug-likeness (QED) is 0.608. The van der Waals surface area contributed by atoms with Gasteiger partial charge in [-0.05, 0) is 25.4 Å². The first kappa shape index (κ1) is 17.6. The molecular weight excluding hydrogens is 272 g/mol. The summed E-state index contributed by atoms with van der Waals surface area (Å²) in [6.07, 6.45) is 2.09. The van der Waals surface area contributed by atoms with Crippen molar-refractivity contribution in [2.75, 3.05) is 19.1 Å². The molecule has 0 radical (unpaired) electrons. The summed E-state index contributed by atoms with van der Waals surface area (Å²) in [6, 6.07) is -2.05. The van der Waals surface area contributed by atoms with Gasteiger partial charge >= 0.3 is 18.0 Å². The molecule has 2 amide bonds. The van der Waals surface area contributed by atoms with Gasteiger partial charge in [0.2, 0.25) is 0 Å². The van der Waals surface area contributed by atoms with E-state index in [2.05, 4.69) is 5.32 Å². The van der Waals surface area contributed by atoms with Crippen molar-refractivity contribution in [3.63, 3.8) is 0 Å². The third-order valence-corrected chi connectivity index (χ3v) is 3.34. The van der Waals surface area contributed by atoms with Gasteiger partial charge in [0.15, 0.2) is 0 Å². The van der Waals surface area contributed by atoms with Gasteiger partial charge in [0, 0.05) is 13.1 Å². The number of hydrogen-bond acceptors (Lipinski definition) is 4. The van der Waals surface area contributed by atoms with Gasteiger partial charge in [-0.1, -0.05) is 0 Å². The normalized spacial score (nSPS) is 13.4. The Hall–Kier alpha value is -1.44. The van der Waals surface area contributed by atoms with Crippen molar-refractivity contribution in [2.24, 2.45) is 0 Å². The Morgan fingerprint density at radius 3 is 2.32 bits per heavy atom. The summed E-state index contributed by atoms with van der Waals surface area (Å²) in [5, 5.41) is 19.6. The maximum atomic E-state index is 11.8. The third kappa shape index (κ3) is 6.90. The van der Waals surface area contributed by atoms with Gasteiger partial charge in [-0.15, -0.1) is 0 Å². The lowest BCUT2D eigenvalue weighted by Gasteiger charge is -2.26. The first-order valence-corrected chi connectivity index (χ1v) is 7.15. The van der Waals surface area contributed by atoms with E-state index in [0.717, 1.165) is 12.2 Å². The average molecular weight is 292 g/mol. The second-order valence-corrected chi connectivity index (χ2v) is 5.17. The van der Waals surface area contributed by atoms with Crippen LogP contribution in [0, 0.1) is 0 Å². The first-order chi connectivity index (χ1) is 8.79. The van der Waals surface area contributed by atoms with E-state index in [0.29, 0.717) is 0 Å². The molecule has 0 saturated heterocycles. The second-order valence-electron chi connectivity index (χ2n) is 4.18. The fraction of sp³-hybridized carbons (Fsp3) is 0.727. The van der Waals surface area contributed by atoms with Gasteiger partial charge < -0.3 is 20.4 Å². The number of amides is 2. The molecule has 7 nitrogen and oxygen atoms in total. The maximum Gasteiger partial charge on any atom is 0.326 e. The number of hydrogen-bond donors (Lipinski definition) is 3. The molecule has 0 heterocycles. The minimum Gasteiger partial charge on any atom is -0.481 e. The molecular formula is C11H20N2O5S. The molecule has 0 rings (SSSR count). The fourth-order valence-corrected chi connectivity index (χ4v) is 1.88. The number of urea groups is 1. The molecule has 1 unspecified atom stereocenters. The SMILES string of the molecule is CSCCC(C)N(C)C(=O)N[C@H](CC(=O)O)C(=O)O. The zero-order valence-electron chi connectivity index (χ0n) is 11.3. The number of aliphatic carboxylic acids is 2. The van der Waals surface area contributed by atoms with Crippen LogP contribution in [0.5, 0.6) is 0 Å². The number of rotatable bonds is 8. The lowest BCUT2D eigenvalue weighted by atomic mass is 10.2. The van der Waals surface area contributed by atoms with E-state index in [1.807, 2.05) is 13.2 Å². The summed E-state index contributed by atoms with van der Waals surface area (Å²) >= 11 is 1.66. The van der Waals surface area contributed by atoms with E-state index in [-0.39, 0.29) is 6.04 Å². The molecule has 0 aliphatic carbocycles. The topological polar surface area (TPSA) is 107 Å². The lowest BCUT2D eigenvalue weighted by Crippen LogP contribution is -2.49. The summed E-state index contributed by atoms with van der Waals surface area (Å²) in [6.45, 7) is 1.85. The van der Waals surface area contributed by atoms with Gasteiger partial charge in [0.1, 0.15) is 6.04 Å². The van der Waals surface area contributed by atoms with Gasteiger partial charge in [0.05, 0.1) is 6.42 Å². The van der Waals surface area contributed by atoms with Crippen LogP contribution in [0.2, 0.25) is 0 Å². The van der Waals surface area contributed by atoms with E-state index < -0.39 is 30.4 Å². The molecule has 0 fully saturated rings. The molecule has 2 atom stereocenters. The Labute approximate surface area is 116 Å². The van der Waals surface area contributed by atoms with Gasteiger partial charge in [-0.2, -0.15) is 11.8 Å². The summed E-state index contributed by atoms with van der Waals surface area (Å²) in [4.78, 5) is 34.5. The van der Waals surface area contributed by atoms with Crippen molar-refractivity contribution in [1.29, 1.82) is 0 Å². The summed E-state index contributed by atoms with van der Waals surface area (Å²) in [7, 11) is 1.56. The largest absolute Gasteiger partial charge is 0.481 e. The van der Waals surface area contributed by atoms with Crippen molar-refractivity contribution in [3.05, 3.63) is 0 Å². The van der Waals surface area contributed by atoms with Crippen LogP contribution in [0.15, 0.2) is 0 Å². The molecule has 0 saturated carbocycles. The van der Waals surface area contributed by atoms with Crippen LogP contribution in [0.4, 0.5) is 4.79 Å². The molecule has 0 spiro atoms. The molecule has 0 aliphatic heterocycles. The highest BCUT2D eigenvalue weighted by Gasteiger charge is 2.25. The van der Waals surface area contributed by atoms with Crippen molar-refractivity contribution in [3.8, 4) is 0 Å². The second kappa shape index (κ2) is 8.63. The number of carboxylic acid groups (broad SMARTS) is 2. The van der Waals surface area contributed by atoms with E-state index in [4.69, 9.17) is 10.2 Å². The molecule has 0 aromatic rings. The number of carbonyl (C=O) groups excluding carboxylic acids is 1. The molecule has 110 valence electrons. The molecule has 0 aromatic heterocycles. The summed E-state index contributed by atoms with van der Waals surface area (Å²) < 4.78 is 0. The van der Waals surface area contributed by atoms with Crippen LogP contribution in [-0.4, -0.2) is 64.2 Å². The highest BCUT2D eigenvalue weighted by Crippen LogP contribution is 2.06. The smallest absolute Gasteiger partial charge is 0.326 e. The van der Waals surface area contributed by atoms with Crippen LogP contribution in [0.3, 0.4) is 0 Å². The predicted octanol–water partition coefficient (Wildman–Crippen LogP) is 0.697. The Morgan fingerprint density at radius 2 is 1.89 bits per heavy atom. The van der Waals surface area contributed by atoms with Crippen LogP contribution in [0.1, 0.15) is 19.8 Å². The highest BCUT2D eigenvalue weighted by atomic mass is 32.2. The first-order valence-electron chi connectivity index (χ1n) is 5.76. The molecule has 3 N–H and O–H groups in total. The number of nitrogens with zero attached hydrogens (tertiary/aromatic N) is 1. The van der Waals surface area contributed by atoms with Crippen LogP contribution in [0.25, 0.3) is 0 Å². The summed E-state index contributed by atoms with van der Waals surface area (Å²) in [5.41, 5.74) is 0. The molecule has 0 aliphatic rings. The fourth-order valence-electron chi connectivity index (χ4n) is 1.31. The molecule has 0 aromatic carbocycles. The minimum absolute atomic E-state index is 0.0493. The van der Waals surface area contributed by atoms with Gasteiger partial charge in [0.25, 0.3) is 0 Å². The van der Waals surface area contributed by atoms with Crippen LogP contribution in [-0.2, 0) is 9.59 Å². The standard InChI is InChI=1S/C11H20N2O5S/c1-7(4-5-19-3)13(2)11(18)12-8(10(16)17)6-9(14)15/h7-8H,4-6H2,1-3H3,(H,12,18)(H,14,15)(H,16,17)/t7?,8-/m1/s1. The van der Waals surface area contributed by atoms with Gasteiger partial charge in [-0.3, -0.25) is 4.79 Å². The zero-order valence-corrected chi connectivity index (χ0v) is 12.1. The highest BCUT2D eigenvalue weighted by molar-refractivity contribution is 7.98. The third-order valence-electron chi connectivity index (χ3n) is 2.70. The number of carboxylic acids is 2. The predicted molar refractivity (Wildman–Crippen MR) is 72.4 cm³/mol. The minimum atomic E-state index is -1.42. The Bertz CT molecular complexity index is 337. The number of thioether (sulfide) groups is 1. The molecule has 8 heteroatoms. The van der Waals surface area contributed by atoms with Gasteiger partial charge in [-0.25, -0.2) is 9.59 Å². The van der Waals surface area contributed by atoms with Crippen molar-refractivity contribution in [1.82, 2.24) is 10.2 Å². The zero-order chi connectivity index (χ0) is 15.0. The van der Waals surface area contributed by atoms with Crippen LogP contribution >= 0.6 is 11.8 Å². The van der Waals surface area contributed by atoms with E-state index in [9.17, 15) is 14.4 Å². The van der Waals surface area contributed by atoms with E-state index >= 15 is 0 Å². The van der Waals surface area contributed by atoms with E-state index in [1.54, 1.807) is 18.8 Å². The summed E-state index contributed by atoms with van der Waals surface area (Å²) in [5.74, 6) is -1.75. The number of nitrogens with one attached hydrogen (secondary N) is 1. The van der Waals surface area contributed by atoms with Crippen molar-refractivity contribution < 1.29 is 24.6 Å².